The van der Waals surface area contributed by atoms with Crippen molar-refractivity contribution in [1.29, 1.82) is 0 Å². The molecule has 1 saturated carbocycles. The maximum atomic E-state index is 13.8. The first-order valence-corrected chi connectivity index (χ1v) is 10.8. The molecule has 0 saturated heterocycles. The molecule has 11 heteroatoms. The smallest absolute Gasteiger partial charge is 0.315 e. The third kappa shape index (κ3) is 7.39. The minimum absolute atomic E-state index is 0.0699. The lowest BCUT2D eigenvalue weighted by Crippen LogP contribution is -2.47. The number of rotatable bonds is 8. The largest absolute Gasteiger partial charge is 0.469 e. The molecular formula is C23H26F2N4O5. The van der Waals surface area contributed by atoms with Gasteiger partial charge in [0.25, 0.3) is 5.91 Å². The Labute approximate surface area is 195 Å². The number of hydrogen-bond donors (Lipinski definition) is 3. The number of methoxy groups -OCH3 is 1. The molecule has 3 N–H and O–H groups in total. The summed E-state index contributed by atoms with van der Waals surface area (Å²) in [6.45, 7) is 0.175. The van der Waals surface area contributed by atoms with E-state index in [1.807, 2.05) is 0 Å². The molecular weight excluding hydrogens is 450 g/mol. The molecule has 34 heavy (non-hydrogen) atoms. The molecule has 0 aliphatic heterocycles. The zero-order valence-electron chi connectivity index (χ0n) is 18.6. The number of pyridine rings is 1. The van der Waals surface area contributed by atoms with Crippen LogP contribution in [0.2, 0.25) is 0 Å². The van der Waals surface area contributed by atoms with Gasteiger partial charge in [0.2, 0.25) is 5.88 Å². The highest BCUT2D eigenvalue weighted by atomic mass is 19.1. The number of benzene rings is 1. The van der Waals surface area contributed by atoms with Crippen LogP contribution in [0, 0.1) is 11.6 Å². The van der Waals surface area contributed by atoms with Gasteiger partial charge in [-0.15, -0.1) is 0 Å². The number of ether oxygens (including phenoxy) is 2. The Kier molecular flexibility index (Phi) is 8.72. The number of nitrogens with one attached hydrogen (secondary N) is 3. The molecule has 3 amide bonds. The van der Waals surface area contributed by atoms with Crippen molar-refractivity contribution in [2.45, 2.75) is 44.2 Å². The molecule has 0 unspecified atom stereocenters. The highest BCUT2D eigenvalue weighted by Crippen LogP contribution is 2.25. The lowest BCUT2D eigenvalue weighted by Gasteiger charge is -2.29. The SMILES string of the molecule is COC(=O)CCNC(=O)NC1CCC(NC(=O)c2cc(F)cnc2Oc2ccc(F)cc2)CC1. The lowest BCUT2D eigenvalue weighted by atomic mass is 9.91. The van der Waals surface area contributed by atoms with E-state index in [1.165, 1.54) is 31.4 Å². The molecule has 0 radical (unpaired) electrons. The molecule has 182 valence electrons. The van der Waals surface area contributed by atoms with Crippen molar-refractivity contribution in [3.05, 3.63) is 53.7 Å². The van der Waals surface area contributed by atoms with E-state index in [0.717, 1.165) is 12.3 Å². The minimum Gasteiger partial charge on any atom is -0.469 e. The van der Waals surface area contributed by atoms with Crippen molar-refractivity contribution in [1.82, 2.24) is 20.9 Å². The predicted octanol–water partition coefficient (Wildman–Crippen LogP) is 3.06. The summed E-state index contributed by atoms with van der Waals surface area (Å²) in [5.74, 6) is -1.92. The van der Waals surface area contributed by atoms with Crippen molar-refractivity contribution in [2.24, 2.45) is 0 Å². The zero-order valence-corrected chi connectivity index (χ0v) is 18.6. The summed E-state index contributed by atoms with van der Waals surface area (Å²) in [6.07, 6.45) is 3.50. The topological polar surface area (TPSA) is 119 Å². The van der Waals surface area contributed by atoms with Crippen molar-refractivity contribution < 1.29 is 32.6 Å². The summed E-state index contributed by atoms with van der Waals surface area (Å²) in [5, 5.41) is 8.30. The molecule has 1 aliphatic rings. The quantitative estimate of drug-likeness (QED) is 0.504. The summed E-state index contributed by atoms with van der Waals surface area (Å²) in [4.78, 5) is 39.7. The van der Waals surface area contributed by atoms with Crippen molar-refractivity contribution in [2.75, 3.05) is 13.7 Å². The van der Waals surface area contributed by atoms with Gasteiger partial charge in [-0.05, 0) is 56.0 Å². The van der Waals surface area contributed by atoms with Crippen LogP contribution < -0.4 is 20.7 Å². The Hall–Kier alpha value is -3.76. The highest BCUT2D eigenvalue weighted by molar-refractivity contribution is 5.96. The van der Waals surface area contributed by atoms with Crippen molar-refractivity contribution in [3.63, 3.8) is 0 Å². The molecule has 2 aromatic rings. The second-order valence-electron chi connectivity index (χ2n) is 7.81. The monoisotopic (exact) mass is 476 g/mol. The van der Waals surface area contributed by atoms with Crippen LogP contribution in [0.5, 0.6) is 11.6 Å². The molecule has 1 aromatic heterocycles. The zero-order chi connectivity index (χ0) is 24.5. The van der Waals surface area contributed by atoms with Gasteiger partial charge in [-0.1, -0.05) is 0 Å². The molecule has 0 bridgehead atoms. The summed E-state index contributed by atoms with van der Waals surface area (Å²) in [5.41, 5.74) is -0.0745. The molecule has 1 aromatic carbocycles. The van der Waals surface area contributed by atoms with E-state index in [0.29, 0.717) is 25.7 Å². The van der Waals surface area contributed by atoms with Gasteiger partial charge in [0.15, 0.2) is 0 Å². The average Bonchev–Trinajstić information content (AvgIpc) is 2.82. The number of esters is 1. The number of halogens is 2. The Bertz CT molecular complexity index is 1010. The van der Waals surface area contributed by atoms with E-state index in [-0.39, 0.29) is 48.3 Å². The van der Waals surface area contributed by atoms with Gasteiger partial charge in [-0.25, -0.2) is 18.6 Å². The molecule has 0 atom stereocenters. The van der Waals surface area contributed by atoms with E-state index in [9.17, 15) is 23.2 Å². The van der Waals surface area contributed by atoms with Crippen molar-refractivity contribution in [3.8, 4) is 11.6 Å². The number of aromatic nitrogens is 1. The molecule has 1 aliphatic carbocycles. The highest BCUT2D eigenvalue weighted by Gasteiger charge is 2.25. The fourth-order valence-electron chi connectivity index (χ4n) is 3.55. The van der Waals surface area contributed by atoms with Crippen LogP contribution in [0.1, 0.15) is 42.5 Å². The van der Waals surface area contributed by atoms with E-state index in [4.69, 9.17) is 4.74 Å². The normalized spacial score (nSPS) is 17.4. The van der Waals surface area contributed by atoms with Gasteiger partial charge in [0.1, 0.15) is 22.9 Å². The number of hydrogen-bond acceptors (Lipinski definition) is 6. The third-order valence-corrected chi connectivity index (χ3v) is 5.33. The Morgan fingerprint density at radius 1 is 1.00 bits per heavy atom. The third-order valence-electron chi connectivity index (χ3n) is 5.33. The second-order valence-corrected chi connectivity index (χ2v) is 7.81. The number of carbonyl (C=O) groups is 3. The van der Waals surface area contributed by atoms with E-state index < -0.39 is 23.5 Å². The van der Waals surface area contributed by atoms with Gasteiger partial charge in [0.05, 0.1) is 19.7 Å². The first-order chi connectivity index (χ1) is 16.3. The van der Waals surface area contributed by atoms with Crippen LogP contribution in [0.15, 0.2) is 36.5 Å². The van der Waals surface area contributed by atoms with Gasteiger partial charge in [-0.3, -0.25) is 9.59 Å². The summed E-state index contributed by atoms with van der Waals surface area (Å²) < 4.78 is 37.0. The molecule has 3 rings (SSSR count). The molecule has 1 heterocycles. The predicted molar refractivity (Wildman–Crippen MR) is 117 cm³/mol. The second kappa shape index (κ2) is 11.9. The van der Waals surface area contributed by atoms with Crippen LogP contribution in [0.3, 0.4) is 0 Å². The Morgan fingerprint density at radius 3 is 2.29 bits per heavy atom. The van der Waals surface area contributed by atoms with E-state index in [2.05, 4.69) is 25.7 Å². The van der Waals surface area contributed by atoms with E-state index >= 15 is 0 Å². The molecule has 0 spiro atoms. The van der Waals surface area contributed by atoms with Crippen LogP contribution in [-0.2, 0) is 9.53 Å². The van der Waals surface area contributed by atoms with Crippen LogP contribution in [-0.4, -0.2) is 48.6 Å². The fourth-order valence-corrected chi connectivity index (χ4v) is 3.55. The van der Waals surface area contributed by atoms with Crippen LogP contribution in [0.4, 0.5) is 13.6 Å². The number of urea groups is 1. The van der Waals surface area contributed by atoms with Crippen LogP contribution in [0.25, 0.3) is 0 Å². The summed E-state index contributed by atoms with van der Waals surface area (Å²) in [6, 6.07) is 5.57. The van der Waals surface area contributed by atoms with Crippen LogP contribution >= 0.6 is 0 Å². The Morgan fingerprint density at radius 2 is 1.65 bits per heavy atom. The number of carbonyl (C=O) groups excluding carboxylic acids is 3. The number of amides is 3. The van der Waals surface area contributed by atoms with Gasteiger partial charge in [0, 0.05) is 18.6 Å². The standard InChI is InChI=1S/C23H26F2N4O5/c1-33-20(30)10-11-26-23(32)29-17-6-4-16(5-7-17)28-21(31)19-12-15(25)13-27-22(19)34-18-8-2-14(24)3-9-18/h2-3,8-9,12-13,16-17H,4-7,10-11H2,1H3,(H,28,31)(H2,26,29,32). The molecule has 1 fully saturated rings. The van der Waals surface area contributed by atoms with E-state index in [1.54, 1.807) is 0 Å². The number of nitrogens with zero attached hydrogens (tertiary/aromatic N) is 1. The maximum absolute atomic E-state index is 13.8. The lowest BCUT2D eigenvalue weighted by molar-refractivity contribution is -0.140. The first kappa shape index (κ1) is 24.9. The van der Waals surface area contributed by atoms with Gasteiger partial charge >= 0.3 is 12.0 Å². The van der Waals surface area contributed by atoms with Gasteiger partial charge in [-0.2, -0.15) is 0 Å². The minimum atomic E-state index is -0.692. The maximum Gasteiger partial charge on any atom is 0.315 e. The first-order valence-electron chi connectivity index (χ1n) is 10.8. The van der Waals surface area contributed by atoms with Crippen molar-refractivity contribution >= 4 is 17.9 Å². The van der Waals surface area contributed by atoms with Gasteiger partial charge < -0.3 is 25.4 Å². The molecule has 9 nitrogen and oxygen atoms in total. The fraction of sp³-hybridized carbons (Fsp3) is 0.391. The summed E-state index contributed by atoms with van der Waals surface area (Å²) in [7, 11) is 1.28. The average molecular weight is 476 g/mol. The Balaban J connectivity index is 1.50. The summed E-state index contributed by atoms with van der Waals surface area (Å²) >= 11 is 0.